The van der Waals surface area contributed by atoms with E-state index in [1.807, 2.05) is 4.98 Å². The summed E-state index contributed by atoms with van der Waals surface area (Å²) in [5.74, 6) is -0.695. The molecular weight excluding hydrogens is 493 g/mol. The zero-order valence-electron chi connectivity index (χ0n) is 18.5. The minimum Gasteiger partial charge on any atom is -0.490 e. The van der Waals surface area contributed by atoms with Crippen LogP contribution in [-0.2, 0) is 25.2 Å². The maximum absolute atomic E-state index is 12.1. The van der Waals surface area contributed by atoms with E-state index >= 15 is 0 Å². The highest BCUT2D eigenvalue weighted by atomic mass is 31.2. The molecule has 16 heteroatoms. The maximum atomic E-state index is 12.1. The Kier molecular flexibility index (Phi) is 8.00. The van der Waals surface area contributed by atoms with Gasteiger partial charge in [0.15, 0.2) is 11.5 Å². The van der Waals surface area contributed by atoms with Gasteiger partial charge >= 0.3 is 19.2 Å². The lowest BCUT2D eigenvalue weighted by atomic mass is 10.0. The van der Waals surface area contributed by atoms with Gasteiger partial charge in [-0.25, -0.2) is 9.36 Å². The fourth-order valence-electron chi connectivity index (χ4n) is 3.72. The summed E-state index contributed by atoms with van der Waals surface area (Å²) in [6, 6.07) is 3.81. The van der Waals surface area contributed by atoms with Crippen LogP contribution in [0.25, 0.3) is 0 Å². The molecule has 0 radical (unpaired) electrons. The quantitative estimate of drug-likeness (QED) is 0.172. The monoisotopic (exact) mass is 515 g/mol. The average Bonchev–Trinajstić information content (AvgIpc) is 3.13. The molecule has 0 aliphatic carbocycles. The van der Waals surface area contributed by atoms with Crippen LogP contribution in [0, 0.1) is 10.1 Å². The number of phosphoric acid groups is 1. The van der Waals surface area contributed by atoms with Crippen molar-refractivity contribution in [2.45, 2.75) is 38.4 Å². The van der Waals surface area contributed by atoms with Crippen molar-refractivity contribution in [2.75, 3.05) is 13.7 Å². The van der Waals surface area contributed by atoms with Crippen molar-refractivity contribution in [3.05, 3.63) is 66.5 Å². The molecule has 0 bridgehead atoms. The molecule has 15 nitrogen and oxygen atoms in total. The van der Waals surface area contributed by atoms with Gasteiger partial charge in [-0.3, -0.25) is 33.8 Å². The Bertz CT molecular complexity index is 1280. The predicted molar refractivity (Wildman–Crippen MR) is 116 cm³/mol. The molecule has 0 amide bonds. The zero-order chi connectivity index (χ0) is 25.9. The summed E-state index contributed by atoms with van der Waals surface area (Å²) < 4.78 is 33.5. The minimum absolute atomic E-state index is 0.104. The Morgan fingerprint density at radius 2 is 2.06 bits per heavy atom. The number of nitrogens with one attached hydrogen (secondary N) is 1. The first-order valence-corrected chi connectivity index (χ1v) is 11.6. The highest BCUT2D eigenvalue weighted by Crippen LogP contribution is 2.43. The number of carbonyl (C=O) groups is 1. The van der Waals surface area contributed by atoms with Crippen molar-refractivity contribution < 1.29 is 42.8 Å². The Morgan fingerprint density at radius 1 is 1.34 bits per heavy atom. The highest BCUT2D eigenvalue weighted by molar-refractivity contribution is 7.46. The third kappa shape index (κ3) is 6.28. The van der Waals surface area contributed by atoms with Gasteiger partial charge in [0.2, 0.25) is 0 Å². The summed E-state index contributed by atoms with van der Waals surface area (Å²) in [5, 5.41) is 11.5. The van der Waals surface area contributed by atoms with Crippen LogP contribution in [0.2, 0.25) is 0 Å². The number of H-pyrrole nitrogens is 1. The van der Waals surface area contributed by atoms with Crippen LogP contribution in [0.3, 0.4) is 0 Å². The van der Waals surface area contributed by atoms with E-state index in [1.54, 1.807) is 0 Å². The number of methoxy groups -OCH3 is 1. The predicted octanol–water partition coefficient (Wildman–Crippen LogP) is 0.638. The molecule has 1 aliphatic rings. The van der Waals surface area contributed by atoms with Crippen LogP contribution in [0.1, 0.15) is 35.5 Å². The molecule has 2 aromatic rings. The minimum atomic E-state index is -4.94. The summed E-state index contributed by atoms with van der Waals surface area (Å²) in [6.45, 7) is 0.559. The lowest BCUT2D eigenvalue weighted by Crippen LogP contribution is -2.31. The molecule has 1 aromatic heterocycles. The third-order valence-corrected chi connectivity index (χ3v) is 5.68. The summed E-state index contributed by atoms with van der Waals surface area (Å²) in [6.07, 6.45) is -2.28. The van der Waals surface area contributed by atoms with Crippen LogP contribution in [-0.4, -0.2) is 56.0 Å². The van der Waals surface area contributed by atoms with Gasteiger partial charge in [-0.15, -0.1) is 0 Å². The number of aromatic nitrogens is 2. The highest BCUT2D eigenvalue weighted by Gasteiger charge is 2.41. The van der Waals surface area contributed by atoms with Crippen molar-refractivity contribution in [3.63, 3.8) is 0 Å². The van der Waals surface area contributed by atoms with Crippen molar-refractivity contribution >= 4 is 19.3 Å². The lowest BCUT2D eigenvalue weighted by molar-refractivity contribution is -0.386. The molecule has 2 heterocycles. The molecule has 1 aromatic carbocycles. The number of rotatable bonds is 10. The van der Waals surface area contributed by atoms with Gasteiger partial charge in [-0.1, -0.05) is 6.07 Å². The van der Waals surface area contributed by atoms with Gasteiger partial charge in [0, 0.05) is 18.7 Å². The van der Waals surface area contributed by atoms with Crippen LogP contribution in [0.15, 0.2) is 34.0 Å². The first-order valence-electron chi connectivity index (χ1n) is 10.0. The van der Waals surface area contributed by atoms with Crippen molar-refractivity contribution in [1.82, 2.24) is 9.55 Å². The van der Waals surface area contributed by atoms with Gasteiger partial charge in [0.1, 0.15) is 24.0 Å². The Hall–Kier alpha value is -3.20. The average molecular weight is 515 g/mol. The fourth-order valence-corrected chi connectivity index (χ4v) is 4.30. The Balaban J connectivity index is 1.81. The number of aromatic amines is 1. The molecule has 1 saturated heterocycles. The summed E-state index contributed by atoms with van der Waals surface area (Å²) >= 11 is 0. The van der Waals surface area contributed by atoms with Gasteiger partial charge in [-0.2, -0.15) is 0 Å². The number of nitro benzene ring substituents is 1. The van der Waals surface area contributed by atoms with E-state index < -0.39 is 53.9 Å². The van der Waals surface area contributed by atoms with Gasteiger partial charge in [0.25, 0.3) is 5.56 Å². The molecule has 3 atom stereocenters. The summed E-state index contributed by atoms with van der Waals surface area (Å²) in [7, 11) is -3.71. The Labute approximate surface area is 196 Å². The van der Waals surface area contributed by atoms with E-state index in [4.69, 9.17) is 18.7 Å². The topological polar surface area (TPSA) is 210 Å². The molecule has 3 rings (SSSR count). The number of hydrogen-bond donors (Lipinski definition) is 3. The van der Waals surface area contributed by atoms with E-state index in [2.05, 4.69) is 0 Å². The number of carbonyl (C=O) groups excluding carboxylic acids is 1. The number of phosphoric ester groups is 1. The molecule has 0 saturated carbocycles. The van der Waals surface area contributed by atoms with E-state index in [-0.39, 0.29) is 36.5 Å². The molecule has 0 unspecified atom stereocenters. The number of ketones is 1. The van der Waals surface area contributed by atoms with Gasteiger partial charge < -0.3 is 24.0 Å². The number of hydrogen-bond acceptors (Lipinski definition) is 10. The van der Waals surface area contributed by atoms with E-state index in [0.717, 1.165) is 17.6 Å². The van der Waals surface area contributed by atoms with E-state index in [0.29, 0.717) is 0 Å². The number of nitro groups is 1. The number of nitrogens with zero attached hydrogens (tertiary/aromatic N) is 2. The molecule has 3 N–H and O–H groups in total. The maximum Gasteiger partial charge on any atom is 0.469 e. The summed E-state index contributed by atoms with van der Waals surface area (Å²) in [4.78, 5) is 66.8. The number of ether oxygens (including phenoxy) is 3. The van der Waals surface area contributed by atoms with Crippen LogP contribution in [0.5, 0.6) is 5.75 Å². The second-order valence-electron chi connectivity index (χ2n) is 7.50. The molecule has 190 valence electrons. The van der Waals surface area contributed by atoms with Crippen molar-refractivity contribution in [3.8, 4) is 5.75 Å². The van der Waals surface area contributed by atoms with Gasteiger partial charge in [-0.05, 0) is 18.6 Å². The second kappa shape index (κ2) is 10.6. The van der Waals surface area contributed by atoms with Crippen LogP contribution in [0.4, 0.5) is 5.69 Å². The molecule has 1 aliphatic heterocycles. The smallest absolute Gasteiger partial charge is 0.469 e. The van der Waals surface area contributed by atoms with E-state index in [9.17, 15) is 38.8 Å². The summed E-state index contributed by atoms with van der Waals surface area (Å²) in [5.41, 5.74) is -1.97. The number of Topliss-reactive ketones (excluding diaryl/α,β-unsaturated/α-hetero) is 1. The zero-order valence-corrected chi connectivity index (χ0v) is 19.4. The molecular formula is C19H22N3O12P. The standard InChI is InChI=1S/C19H22N3O12P/c1-10(23)17-11(3-4-12(31-2)18(17)22(26)27)8-32-9-14-13(34-35(28,29)30)7-16(33-14)21-6-5-15(24)20-19(21)25/h3-6,13-14,16H,7-9H2,1-2H3,(H,20,24,25)(H2,28,29,30)/t13-,14+,16+/m0/s1. The molecule has 0 spiro atoms. The largest absolute Gasteiger partial charge is 0.490 e. The van der Waals surface area contributed by atoms with E-state index in [1.165, 1.54) is 25.4 Å². The first kappa shape index (κ1) is 26.4. The van der Waals surface area contributed by atoms with Crippen LogP contribution < -0.4 is 16.0 Å². The number of benzene rings is 1. The second-order valence-corrected chi connectivity index (χ2v) is 8.69. The van der Waals surface area contributed by atoms with Crippen molar-refractivity contribution in [2.24, 2.45) is 0 Å². The normalized spacial score (nSPS) is 20.1. The third-order valence-electron chi connectivity index (χ3n) is 5.14. The van der Waals surface area contributed by atoms with Crippen LogP contribution >= 0.6 is 7.82 Å². The van der Waals surface area contributed by atoms with Gasteiger partial charge in [0.05, 0.1) is 25.2 Å². The van der Waals surface area contributed by atoms with Crippen molar-refractivity contribution in [1.29, 1.82) is 0 Å². The SMILES string of the molecule is COc1ccc(COC[C@H]2O[C@@H](n3ccc(=O)[nH]c3=O)C[C@@H]2OP(=O)(O)O)c(C(C)=O)c1[N+](=O)[O-]. The Morgan fingerprint density at radius 3 is 2.63 bits per heavy atom. The first-order chi connectivity index (χ1) is 16.4. The molecule has 1 fully saturated rings. The lowest BCUT2D eigenvalue weighted by Gasteiger charge is -2.19. The fraction of sp³-hybridized carbons (Fsp3) is 0.421. The molecule has 35 heavy (non-hydrogen) atoms.